The lowest BCUT2D eigenvalue weighted by molar-refractivity contribution is -0.150. The zero-order valence-corrected chi connectivity index (χ0v) is 15.4. The summed E-state index contributed by atoms with van der Waals surface area (Å²) in [6.07, 6.45) is 3.02. The Bertz CT molecular complexity index is 724. The molecule has 0 saturated carbocycles. The Kier molecular flexibility index (Phi) is 5.60. The van der Waals surface area contributed by atoms with Gasteiger partial charge in [-0.25, -0.2) is 8.78 Å². The van der Waals surface area contributed by atoms with Crippen molar-refractivity contribution in [2.75, 3.05) is 26.7 Å². The molecule has 0 N–H and O–H groups in total. The maximum Gasteiger partial charge on any atom is 0.311 e. The third-order valence-corrected chi connectivity index (χ3v) is 5.71. The van der Waals surface area contributed by atoms with Crippen LogP contribution < -0.4 is 0 Å². The van der Waals surface area contributed by atoms with Crippen molar-refractivity contribution < 1.29 is 23.1 Å². The summed E-state index contributed by atoms with van der Waals surface area (Å²) >= 11 is 0. The lowest BCUT2D eigenvalue weighted by Crippen LogP contribution is -2.57. The predicted molar refractivity (Wildman–Crippen MR) is 95.6 cm³/mol. The molecule has 1 atom stereocenters. The molecule has 1 unspecified atom stereocenters. The summed E-state index contributed by atoms with van der Waals surface area (Å²) in [4.78, 5) is 28.6. The topological polar surface area (TPSA) is 49.9 Å². The Morgan fingerprint density at radius 1 is 1.30 bits per heavy atom. The standard InChI is InChI=1S/C20H24F2N2O3/c1-3-6-24-18(25)12-17(19(26)27-2)20(24)4-7-23(8-5-20)13-14-9-15(21)11-16(22)10-14/h3,9-11,17H,1,4-8,12-13H2,2H3. The molecular weight excluding hydrogens is 354 g/mol. The van der Waals surface area contributed by atoms with E-state index >= 15 is 0 Å². The molecule has 1 spiro atoms. The number of hydrogen-bond acceptors (Lipinski definition) is 4. The summed E-state index contributed by atoms with van der Waals surface area (Å²) < 4.78 is 31.8. The summed E-state index contributed by atoms with van der Waals surface area (Å²) in [6, 6.07) is 3.51. The molecule has 3 rings (SSSR count). The number of piperidine rings is 1. The molecule has 27 heavy (non-hydrogen) atoms. The quantitative estimate of drug-likeness (QED) is 0.584. The lowest BCUT2D eigenvalue weighted by Gasteiger charge is -2.46. The molecule has 1 aromatic rings. The second kappa shape index (κ2) is 7.76. The highest BCUT2D eigenvalue weighted by atomic mass is 19.1. The van der Waals surface area contributed by atoms with Gasteiger partial charge in [0.1, 0.15) is 11.6 Å². The summed E-state index contributed by atoms with van der Waals surface area (Å²) in [7, 11) is 1.34. The largest absolute Gasteiger partial charge is 0.469 e. The van der Waals surface area contributed by atoms with Crippen LogP contribution in [-0.4, -0.2) is 54.0 Å². The SMILES string of the molecule is C=CCN1C(=O)CC(C(=O)OC)C12CCN(Cc1cc(F)cc(F)c1)CC2. The predicted octanol–water partition coefficient (Wildman–Crippen LogP) is 2.51. The van der Waals surface area contributed by atoms with Crippen LogP contribution in [0.5, 0.6) is 0 Å². The van der Waals surface area contributed by atoms with E-state index in [2.05, 4.69) is 11.5 Å². The fraction of sp³-hybridized carbons (Fsp3) is 0.500. The summed E-state index contributed by atoms with van der Waals surface area (Å²) in [5, 5.41) is 0. The number of carbonyl (C=O) groups excluding carboxylic acids is 2. The number of nitrogens with zero attached hydrogens (tertiary/aromatic N) is 2. The number of methoxy groups -OCH3 is 1. The van der Waals surface area contributed by atoms with Crippen molar-refractivity contribution in [1.82, 2.24) is 9.80 Å². The highest BCUT2D eigenvalue weighted by molar-refractivity contribution is 5.89. The van der Waals surface area contributed by atoms with Crippen LogP contribution >= 0.6 is 0 Å². The fourth-order valence-electron chi connectivity index (χ4n) is 4.45. The van der Waals surface area contributed by atoms with Gasteiger partial charge in [0.25, 0.3) is 0 Å². The first kappa shape index (κ1) is 19.5. The van der Waals surface area contributed by atoms with Crippen LogP contribution in [0.25, 0.3) is 0 Å². The Balaban J connectivity index is 1.76. The highest BCUT2D eigenvalue weighted by Gasteiger charge is 2.56. The molecule has 7 heteroatoms. The van der Waals surface area contributed by atoms with Crippen molar-refractivity contribution in [1.29, 1.82) is 0 Å². The second-order valence-corrected chi connectivity index (χ2v) is 7.23. The van der Waals surface area contributed by atoms with Crippen LogP contribution in [0.3, 0.4) is 0 Å². The van der Waals surface area contributed by atoms with Crippen molar-refractivity contribution in [3.63, 3.8) is 0 Å². The molecule has 2 aliphatic rings. The molecule has 2 aliphatic heterocycles. The molecule has 0 bridgehead atoms. The van der Waals surface area contributed by atoms with Crippen molar-refractivity contribution in [2.45, 2.75) is 31.3 Å². The molecule has 1 aromatic carbocycles. The van der Waals surface area contributed by atoms with Crippen LogP contribution in [0.4, 0.5) is 8.78 Å². The maximum absolute atomic E-state index is 13.4. The van der Waals surface area contributed by atoms with E-state index < -0.39 is 23.1 Å². The summed E-state index contributed by atoms with van der Waals surface area (Å²) in [6.45, 7) is 5.77. The number of hydrogen-bond donors (Lipinski definition) is 0. The van der Waals surface area contributed by atoms with E-state index in [0.29, 0.717) is 44.6 Å². The first-order valence-corrected chi connectivity index (χ1v) is 9.06. The first-order chi connectivity index (χ1) is 12.9. The van der Waals surface area contributed by atoms with Crippen molar-refractivity contribution >= 4 is 11.9 Å². The Morgan fingerprint density at radius 2 is 1.93 bits per heavy atom. The van der Waals surface area contributed by atoms with E-state index in [0.717, 1.165) is 6.07 Å². The van der Waals surface area contributed by atoms with Gasteiger partial charge in [-0.1, -0.05) is 6.08 Å². The van der Waals surface area contributed by atoms with Gasteiger partial charge in [0.15, 0.2) is 0 Å². The second-order valence-electron chi connectivity index (χ2n) is 7.23. The Hall–Kier alpha value is -2.28. The van der Waals surface area contributed by atoms with Gasteiger partial charge < -0.3 is 9.64 Å². The average Bonchev–Trinajstić information content (AvgIpc) is 2.88. The van der Waals surface area contributed by atoms with Crippen LogP contribution in [0, 0.1) is 17.6 Å². The zero-order chi connectivity index (χ0) is 19.6. The van der Waals surface area contributed by atoms with Gasteiger partial charge in [0.2, 0.25) is 5.91 Å². The van der Waals surface area contributed by atoms with Gasteiger partial charge >= 0.3 is 5.97 Å². The normalized spacial score (nSPS) is 22.3. The molecule has 2 heterocycles. The smallest absolute Gasteiger partial charge is 0.311 e. The third kappa shape index (κ3) is 3.74. The monoisotopic (exact) mass is 378 g/mol. The molecule has 1 amide bonds. The third-order valence-electron chi connectivity index (χ3n) is 5.71. The number of ether oxygens (including phenoxy) is 1. The average molecular weight is 378 g/mol. The minimum absolute atomic E-state index is 0.0639. The number of carbonyl (C=O) groups is 2. The molecule has 2 saturated heterocycles. The Morgan fingerprint density at radius 3 is 2.48 bits per heavy atom. The lowest BCUT2D eigenvalue weighted by atomic mass is 9.76. The molecule has 5 nitrogen and oxygen atoms in total. The number of likely N-dealkylation sites (tertiary alicyclic amines) is 2. The minimum Gasteiger partial charge on any atom is -0.469 e. The number of esters is 1. The van der Waals surface area contributed by atoms with Crippen LogP contribution in [-0.2, 0) is 20.9 Å². The highest BCUT2D eigenvalue weighted by Crippen LogP contribution is 2.44. The van der Waals surface area contributed by atoms with Crippen molar-refractivity contribution in [3.8, 4) is 0 Å². The maximum atomic E-state index is 13.4. The van der Waals surface area contributed by atoms with E-state index in [1.54, 1.807) is 11.0 Å². The van der Waals surface area contributed by atoms with Gasteiger partial charge in [-0.3, -0.25) is 14.5 Å². The van der Waals surface area contributed by atoms with E-state index in [9.17, 15) is 18.4 Å². The van der Waals surface area contributed by atoms with Crippen molar-refractivity contribution in [3.05, 3.63) is 48.1 Å². The summed E-state index contributed by atoms with van der Waals surface area (Å²) in [5.74, 6) is -2.12. The molecule has 146 valence electrons. The molecule has 0 aromatic heterocycles. The van der Waals surface area contributed by atoms with Crippen molar-refractivity contribution in [2.24, 2.45) is 5.92 Å². The van der Waals surface area contributed by atoms with Gasteiger partial charge in [-0.2, -0.15) is 0 Å². The fourth-order valence-corrected chi connectivity index (χ4v) is 4.45. The Labute approximate surface area is 157 Å². The van der Waals surface area contributed by atoms with Gasteiger partial charge in [0.05, 0.1) is 18.6 Å². The van der Waals surface area contributed by atoms with Crippen LogP contribution in [0.1, 0.15) is 24.8 Å². The van der Waals surface area contributed by atoms with E-state index in [4.69, 9.17) is 4.74 Å². The first-order valence-electron chi connectivity index (χ1n) is 9.06. The zero-order valence-electron chi connectivity index (χ0n) is 15.4. The van der Waals surface area contributed by atoms with E-state index in [1.165, 1.54) is 19.2 Å². The molecule has 2 fully saturated rings. The molecular formula is C20H24F2N2O3. The van der Waals surface area contributed by atoms with E-state index in [1.807, 2.05) is 0 Å². The summed E-state index contributed by atoms with van der Waals surface area (Å²) in [5.41, 5.74) is -0.0133. The minimum atomic E-state index is -0.595. The van der Waals surface area contributed by atoms with Crippen LogP contribution in [0.2, 0.25) is 0 Å². The molecule has 0 radical (unpaired) electrons. The number of rotatable bonds is 5. The van der Waals surface area contributed by atoms with Gasteiger partial charge in [-0.05, 0) is 30.5 Å². The van der Waals surface area contributed by atoms with Gasteiger partial charge in [0, 0.05) is 38.7 Å². The van der Waals surface area contributed by atoms with E-state index in [-0.39, 0.29) is 18.3 Å². The number of halogens is 2. The van der Waals surface area contributed by atoms with Gasteiger partial charge in [-0.15, -0.1) is 6.58 Å². The van der Waals surface area contributed by atoms with Crippen LogP contribution in [0.15, 0.2) is 30.9 Å². The number of benzene rings is 1. The molecule has 0 aliphatic carbocycles. The number of amides is 1.